The Balaban J connectivity index is 2.34. The van der Waals surface area contributed by atoms with Crippen LogP contribution in [-0.2, 0) is 10.0 Å². The number of aromatic nitrogens is 2. The molecule has 0 radical (unpaired) electrons. The second kappa shape index (κ2) is 4.52. The molecule has 17 heavy (non-hydrogen) atoms. The number of hydrogen-bond donors (Lipinski definition) is 1. The summed E-state index contributed by atoms with van der Waals surface area (Å²) < 4.78 is 26.8. The molecule has 9 heteroatoms. The fraction of sp³-hybridized carbons (Fsp3) is 0.250. The Morgan fingerprint density at radius 2 is 2.06 bits per heavy atom. The molecular weight excluding hydrogens is 302 g/mol. The molecule has 5 nitrogen and oxygen atoms in total. The Hall–Kier alpha value is -0.700. The van der Waals surface area contributed by atoms with E-state index in [0.717, 1.165) is 16.2 Å². The minimum absolute atomic E-state index is 0.121. The molecule has 1 N–H and O–H groups in total. The molecule has 0 amide bonds. The fourth-order valence-electron chi connectivity index (χ4n) is 1.16. The fourth-order valence-corrected chi connectivity index (χ4v) is 4.81. The van der Waals surface area contributed by atoms with Crippen molar-refractivity contribution in [2.45, 2.75) is 18.1 Å². The number of nitrogens with zero attached hydrogens (tertiary/aromatic N) is 2. The molecule has 0 bridgehead atoms. The number of hydrogen-bond acceptors (Lipinski definition) is 6. The average Bonchev–Trinajstić information content (AvgIpc) is 2.72. The molecule has 92 valence electrons. The predicted molar refractivity (Wildman–Crippen MR) is 69.5 cm³/mol. The van der Waals surface area contributed by atoms with E-state index in [-0.39, 0.29) is 8.68 Å². The first-order valence-corrected chi connectivity index (χ1v) is 7.96. The first-order valence-electron chi connectivity index (χ1n) is 4.46. The molecule has 2 rings (SSSR count). The van der Waals surface area contributed by atoms with Crippen LogP contribution in [-0.4, -0.2) is 18.4 Å². The summed E-state index contributed by atoms with van der Waals surface area (Å²) in [6.45, 7) is 3.45. The lowest BCUT2D eigenvalue weighted by atomic mass is 10.6. The highest BCUT2D eigenvalue weighted by Crippen LogP contribution is 2.29. The van der Waals surface area contributed by atoms with Crippen molar-refractivity contribution in [3.05, 3.63) is 21.2 Å². The Morgan fingerprint density at radius 1 is 1.35 bits per heavy atom. The lowest BCUT2D eigenvalue weighted by molar-refractivity contribution is 0.602. The summed E-state index contributed by atoms with van der Waals surface area (Å²) in [5, 5.41) is 0.339. The molecule has 0 aromatic carbocycles. The van der Waals surface area contributed by atoms with Crippen molar-refractivity contribution in [3.63, 3.8) is 0 Å². The minimum atomic E-state index is -3.64. The van der Waals surface area contributed by atoms with Crippen molar-refractivity contribution in [2.75, 3.05) is 4.72 Å². The lowest BCUT2D eigenvalue weighted by Gasteiger charge is -2.02. The zero-order valence-corrected chi connectivity index (χ0v) is 12.1. The van der Waals surface area contributed by atoms with E-state index in [1.54, 1.807) is 13.1 Å². The highest BCUT2D eigenvalue weighted by atomic mass is 35.5. The highest BCUT2D eigenvalue weighted by Gasteiger charge is 2.22. The summed E-state index contributed by atoms with van der Waals surface area (Å²) in [7, 11) is -3.64. The number of sulfonamides is 1. The van der Waals surface area contributed by atoms with Crippen molar-refractivity contribution >= 4 is 49.4 Å². The van der Waals surface area contributed by atoms with Crippen LogP contribution >= 0.6 is 34.3 Å². The Morgan fingerprint density at radius 3 is 2.53 bits per heavy atom. The summed E-state index contributed by atoms with van der Waals surface area (Å²) in [6.07, 6.45) is 1.61. The summed E-state index contributed by atoms with van der Waals surface area (Å²) in [6, 6.07) is 0. The van der Waals surface area contributed by atoms with E-state index in [2.05, 4.69) is 14.7 Å². The maximum Gasteiger partial charge on any atom is 0.275 e. The molecule has 0 spiro atoms. The van der Waals surface area contributed by atoms with Crippen molar-refractivity contribution < 1.29 is 8.42 Å². The Labute approximate surface area is 112 Å². The highest BCUT2D eigenvalue weighted by molar-refractivity contribution is 7.95. The number of aryl methyl sites for hydroxylation is 2. The van der Waals surface area contributed by atoms with E-state index in [1.165, 1.54) is 11.3 Å². The van der Waals surface area contributed by atoms with Crippen molar-refractivity contribution in [2.24, 2.45) is 0 Å². The maximum absolute atomic E-state index is 12.0. The van der Waals surface area contributed by atoms with Crippen LogP contribution in [0.15, 0.2) is 10.4 Å². The minimum Gasteiger partial charge on any atom is -0.254 e. The third kappa shape index (κ3) is 2.76. The third-order valence-corrected chi connectivity index (χ3v) is 5.98. The third-order valence-electron chi connectivity index (χ3n) is 1.81. The van der Waals surface area contributed by atoms with Crippen molar-refractivity contribution in [3.8, 4) is 0 Å². The number of rotatable bonds is 3. The van der Waals surface area contributed by atoms with Crippen LogP contribution < -0.4 is 4.72 Å². The van der Waals surface area contributed by atoms with Crippen molar-refractivity contribution in [1.29, 1.82) is 0 Å². The molecule has 0 aliphatic rings. The van der Waals surface area contributed by atoms with E-state index in [1.807, 2.05) is 6.92 Å². The molecular formula is C8H8ClN3O2S3. The first-order chi connectivity index (χ1) is 7.88. The SMILES string of the molecule is Cc1cnc(NS(=O)(=O)c2sc(Cl)nc2C)s1. The van der Waals surface area contributed by atoms with E-state index in [0.29, 0.717) is 10.8 Å². The normalized spacial score (nSPS) is 11.7. The molecule has 2 heterocycles. The van der Waals surface area contributed by atoms with Gasteiger partial charge in [-0.25, -0.2) is 18.4 Å². The van der Waals surface area contributed by atoms with Gasteiger partial charge in [0.15, 0.2) is 13.8 Å². The second-order valence-electron chi connectivity index (χ2n) is 3.22. The monoisotopic (exact) mass is 309 g/mol. The van der Waals surface area contributed by atoms with Gasteiger partial charge < -0.3 is 0 Å². The number of nitrogens with one attached hydrogen (secondary N) is 1. The number of thiazole rings is 2. The maximum atomic E-state index is 12.0. The average molecular weight is 310 g/mol. The van der Waals surface area contributed by atoms with Gasteiger partial charge >= 0.3 is 0 Å². The summed E-state index contributed by atoms with van der Waals surface area (Å²) in [5.74, 6) is 0. The van der Waals surface area contributed by atoms with Gasteiger partial charge in [-0.2, -0.15) is 0 Å². The van der Waals surface area contributed by atoms with Crippen LogP contribution in [0.3, 0.4) is 0 Å². The van der Waals surface area contributed by atoms with Crippen LogP contribution in [0.1, 0.15) is 10.6 Å². The van der Waals surface area contributed by atoms with Gasteiger partial charge in [-0.05, 0) is 13.8 Å². The van der Waals surface area contributed by atoms with Gasteiger partial charge in [0.05, 0.1) is 5.69 Å². The van der Waals surface area contributed by atoms with E-state index < -0.39 is 10.0 Å². The van der Waals surface area contributed by atoms with Crippen LogP contribution in [0.5, 0.6) is 0 Å². The van der Waals surface area contributed by atoms with E-state index in [4.69, 9.17) is 11.6 Å². The standard InChI is InChI=1S/C8H8ClN3O2S3/c1-4-3-10-8(15-4)12-17(13,14)6-5(2)11-7(9)16-6/h3H,1-2H3,(H,10,12). The van der Waals surface area contributed by atoms with Gasteiger partial charge in [0, 0.05) is 11.1 Å². The summed E-state index contributed by atoms with van der Waals surface area (Å²) in [5.41, 5.74) is 0.390. The Kier molecular flexibility index (Phi) is 3.39. The Bertz CT molecular complexity index is 647. The van der Waals surface area contributed by atoms with Gasteiger partial charge in [-0.15, -0.1) is 11.3 Å². The zero-order valence-electron chi connectivity index (χ0n) is 8.89. The van der Waals surface area contributed by atoms with Gasteiger partial charge in [-0.1, -0.05) is 22.9 Å². The van der Waals surface area contributed by atoms with Gasteiger partial charge in [0.2, 0.25) is 0 Å². The van der Waals surface area contributed by atoms with E-state index in [9.17, 15) is 8.42 Å². The molecule has 0 aliphatic heterocycles. The van der Waals surface area contributed by atoms with Crippen LogP contribution in [0.4, 0.5) is 5.13 Å². The molecule has 2 aromatic heterocycles. The van der Waals surface area contributed by atoms with Gasteiger partial charge in [-0.3, -0.25) is 4.72 Å². The molecule has 0 unspecified atom stereocenters. The lowest BCUT2D eigenvalue weighted by Crippen LogP contribution is -2.12. The number of anilines is 1. The molecule has 0 aliphatic carbocycles. The van der Waals surface area contributed by atoms with Gasteiger partial charge in [0.1, 0.15) is 0 Å². The molecule has 0 fully saturated rings. The van der Waals surface area contributed by atoms with E-state index >= 15 is 0 Å². The largest absolute Gasteiger partial charge is 0.275 e. The smallest absolute Gasteiger partial charge is 0.254 e. The molecule has 0 atom stereocenters. The molecule has 2 aromatic rings. The van der Waals surface area contributed by atoms with Crippen molar-refractivity contribution in [1.82, 2.24) is 9.97 Å². The van der Waals surface area contributed by atoms with Crippen LogP contribution in [0.25, 0.3) is 0 Å². The topological polar surface area (TPSA) is 72.0 Å². The summed E-state index contributed by atoms with van der Waals surface area (Å²) >= 11 is 7.88. The summed E-state index contributed by atoms with van der Waals surface area (Å²) in [4.78, 5) is 8.75. The molecule has 0 saturated heterocycles. The van der Waals surface area contributed by atoms with Crippen LogP contribution in [0.2, 0.25) is 4.47 Å². The quantitative estimate of drug-likeness (QED) is 0.946. The number of halogens is 1. The first kappa shape index (κ1) is 12.7. The predicted octanol–water partition coefficient (Wildman–Crippen LogP) is 2.67. The zero-order chi connectivity index (χ0) is 12.6. The van der Waals surface area contributed by atoms with Crippen LogP contribution in [0, 0.1) is 13.8 Å². The van der Waals surface area contributed by atoms with Gasteiger partial charge in [0.25, 0.3) is 10.0 Å². The second-order valence-corrected chi connectivity index (χ2v) is 7.91. The molecule has 0 saturated carbocycles.